The molecule has 1 amide bonds. The van der Waals surface area contributed by atoms with Crippen LogP contribution in [0.3, 0.4) is 0 Å². The van der Waals surface area contributed by atoms with Crippen LogP contribution in [0.15, 0.2) is 30.5 Å². The topological polar surface area (TPSA) is 44.9 Å². The van der Waals surface area contributed by atoms with Gasteiger partial charge in [-0.15, -0.1) is 0 Å². The van der Waals surface area contributed by atoms with Crippen LogP contribution in [0.1, 0.15) is 32.8 Å². The molecule has 1 heterocycles. The number of carbonyl (C=O) groups is 1. The van der Waals surface area contributed by atoms with Gasteiger partial charge < -0.3 is 10.3 Å². The number of aryl methyl sites for hydroxylation is 1. The second kappa shape index (κ2) is 4.84. The highest BCUT2D eigenvalue weighted by Gasteiger charge is 2.13. The molecule has 0 aliphatic carbocycles. The van der Waals surface area contributed by atoms with E-state index in [-0.39, 0.29) is 11.4 Å². The quantitative estimate of drug-likeness (QED) is 0.856. The minimum absolute atomic E-state index is 0.106. The summed E-state index contributed by atoms with van der Waals surface area (Å²) in [5.74, 6) is 0.106. The molecule has 2 aromatic rings. The molecule has 0 aliphatic heterocycles. The number of fused-ring (bicyclic) bond motifs is 1. The smallest absolute Gasteiger partial charge is 0.220 e. The van der Waals surface area contributed by atoms with Gasteiger partial charge in [0.15, 0.2) is 0 Å². The van der Waals surface area contributed by atoms with E-state index in [4.69, 9.17) is 0 Å². The summed E-state index contributed by atoms with van der Waals surface area (Å²) >= 11 is 0. The number of hydrogen-bond acceptors (Lipinski definition) is 1. The van der Waals surface area contributed by atoms with E-state index in [1.807, 2.05) is 33.0 Å². The van der Waals surface area contributed by atoms with Gasteiger partial charge in [0, 0.05) is 23.7 Å². The second-order valence-corrected chi connectivity index (χ2v) is 5.70. The molecule has 0 radical (unpaired) electrons. The van der Waals surface area contributed by atoms with Crippen molar-refractivity contribution in [2.45, 2.75) is 39.2 Å². The van der Waals surface area contributed by atoms with Crippen molar-refractivity contribution in [3.63, 3.8) is 0 Å². The number of carbonyl (C=O) groups excluding carboxylic acids is 1. The second-order valence-electron chi connectivity index (χ2n) is 5.70. The fourth-order valence-electron chi connectivity index (χ4n) is 1.99. The number of nitrogens with one attached hydrogen (secondary N) is 2. The van der Waals surface area contributed by atoms with Crippen molar-refractivity contribution in [1.82, 2.24) is 10.3 Å². The molecule has 18 heavy (non-hydrogen) atoms. The first-order chi connectivity index (χ1) is 8.44. The van der Waals surface area contributed by atoms with E-state index in [0.717, 1.165) is 11.9 Å². The normalized spacial score (nSPS) is 11.7. The van der Waals surface area contributed by atoms with Gasteiger partial charge in [-0.25, -0.2) is 0 Å². The van der Waals surface area contributed by atoms with Crippen LogP contribution in [0, 0.1) is 0 Å². The molecule has 0 spiro atoms. The Labute approximate surface area is 108 Å². The van der Waals surface area contributed by atoms with E-state index in [1.165, 1.54) is 10.9 Å². The zero-order valence-corrected chi connectivity index (χ0v) is 11.2. The number of aromatic nitrogens is 1. The Kier molecular flexibility index (Phi) is 3.41. The fourth-order valence-corrected chi connectivity index (χ4v) is 1.99. The third kappa shape index (κ3) is 3.36. The molecule has 0 fully saturated rings. The van der Waals surface area contributed by atoms with Crippen LogP contribution >= 0.6 is 0 Å². The van der Waals surface area contributed by atoms with Crippen LogP contribution in [0.25, 0.3) is 10.9 Å². The molecule has 0 saturated heterocycles. The zero-order chi connectivity index (χ0) is 13.2. The summed E-state index contributed by atoms with van der Waals surface area (Å²) in [6.45, 7) is 5.99. The van der Waals surface area contributed by atoms with Gasteiger partial charge in [-0.3, -0.25) is 4.79 Å². The van der Waals surface area contributed by atoms with Crippen molar-refractivity contribution in [3.8, 4) is 0 Å². The number of benzene rings is 1. The van der Waals surface area contributed by atoms with Gasteiger partial charge in [0.1, 0.15) is 0 Å². The van der Waals surface area contributed by atoms with Crippen molar-refractivity contribution >= 4 is 16.8 Å². The van der Waals surface area contributed by atoms with Gasteiger partial charge in [-0.1, -0.05) is 12.1 Å². The Morgan fingerprint density at radius 2 is 2.06 bits per heavy atom. The molecule has 0 aliphatic rings. The summed E-state index contributed by atoms with van der Waals surface area (Å²) in [6, 6.07) is 8.33. The maximum Gasteiger partial charge on any atom is 0.220 e. The number of rotatable bonds is 3. The monoisotopic (exact) mass is 244 g/mol. The van der Waals surface area contributed by atoms with Crippen LogP contribution in [0.4, 0.5) is 0 Å². The first kappa shape index (κ1) is 12.7. The van der Waals surface area contributed by atoms with Gasteiger partial charge in [0.2, 0.25) is 5.91 Å². The van der Waals surface area contributed by atoms with Gasteiger partial charge >= 0.3 is 0 Å². The SMILES string of the molecule is CC(C)(C)NC(=O)CCc1ccc2cc[nH]c2c1. The van der Waals surface area contributed by atoms with E-state index in [0.29, 0.717) is 6.42 Å². The highest BCUT2D eigenvalue weighted by Crippen LogP contribution is 2.15. The molecule has 1 aromatic carbocycles. The molecule has 2 N–H and O–H groups in total. The van der Waals surface area contributed by atoms with Crippen LogP contribution < -0.4 is 5.32 Å². The maximum atomic E-state index is 11.7. The summed E-state index contributed by atoms with van der Waals surface area (Å²) in [5.41, 5.74) is 2.17. The molecule has 1 aromatic heterocycles. The molecule has 0 bridgehead atoms. The first-order valence-corrected chi connectivity index (χ1v) is 6.31. The lowest BCUT2D eigenvalue weighted by molar-refractivity contribution is -0.122. The third-order valence-corrected chi connectivity index (χ3v) is 2.77. The zero-order valence-electron chi connectivity index (χ0n) is 11.2. The van der Waals surface area contributed by atoms with Gasteiger partial charge in [0.05, 0.1) is 0 Å². The lowest BCUT2D eigenvalue weighted by Gasteiger charge is -2.20. The molecule has 3 heteroatoms. The third-order valence-electron chi connectivity index (χ3n) is 2.77. The Bertz CT molecular complexity index is 549. The summed E-state index contributed by atoms with van der Waals surface area (Å²) in [4.78, 5) is 14.9. The van der Waals surface area contributed by atoms with Crippen molar-refractivity contribution in [2.24, 2.45) is 0 Å². The van der Waals surface area contributed by atoms with Crippen LogP contribution in [-0.2, 0) is 11.2 Å². The van der Waals surface area contributed by atoms with Gasteiger partial charge in [-0.05, 0) is 50.3 Å². The Hall–Kier alpha value is -1.77. The van der Waals surface area contributed by atoms with E-state index < -0.39 is 0 Å². The molecule has 0 unspecified atom stereocenters. The summed E-state index contributed by atoms with van der Waals surface area (Å²) in [6.07, 6.45) is 3.24. The number of hydrogen-bond donors (Lipinski definition) is 2. The van der Waals surface area contributed by atoms with Crippen molar-refractivity contribution in [2.75, 3.05) is 0 Å². The Balaban J connectivity index is 1.95. The first-order valence-electron chi connectivity index (χ1n) is 6.31. The minimum atomic E-state index is -0.152. The molecule has 2 rings (SSSR count). The van der Waals surface area contributed by atoms with E-state index in [9.17, 15) is 4.79 Å². The van der Waals surface area contributed by atoms with Gasteiger partial charge in [-0.2, -0.15) is 0 Å². The molecule has 3 nitrogen and oxygen atoms in total. The van der Waals surface area contributed by atoms with Crippen LogP contribution in [0.2, 0.25) is 0 Å². The van der Waals surface area contributed by atoms with Crippen molar-refractivity contribution < 1.29 is 4.79 Å². The van der Waals surface area contributed by atoms with Crippen molar-refractivity contribution in [1.29, 1.82) is 0 Å². The molecule has 0 saturated carbocycles. The Morgan fingerprint density at radius 1 is 1.28 bits per heavy atom. The molecular formula is C15H20N2O. The van der Waals surface area contributed by atoms with Gasteiger partial charge in [0.25, 0.3) is 0 Å². The fraction of sp³-hybridized carbons (Fsp3) is 0.400. The lowest BCUT2D eigenvalue weighted by Crippen LogP contribution is -2.40. The van der Waals surface area contributed by atoms with E-state index in [1.54, 1.807) is 0 Å². The number of H-pyrrole nitrogens is 1. The average molecular weight is 244 g/mol. The van der Waals surface area contributed by atoms with E-state index in [2.05, 4.69) is 28.5 Å². The maximum absolute atomic E-state index is 11.7. The number of amides is 1. The average Bonchev–Trinajstić information content (AvgIpc) is 2.71. The highest BCUT2D eigenvalue weighted by molar-refractivity contribution is 5.80. The van der Waals surface area contributed by atoms with Crippen LogP contribution in [0.5, 0.6) is 0 Å². The largest absolute Gasteiger partial charge is 0.361 e. The highest BCUT2D eigenvalue weighted by atomic mass is 16.1. The van der Waals surface area contributed by atoms with Crippen molar-refractivity contribution in [3.05, 3.63) is 36.0 Å². The molecule has 0 atom stereocenters. The number of aromatic amines is 1. The standard InChI is InChI=1S/C15H20N2O/c1-15(2,3)17-14(18)7-5-11-4-6-12-8-9-16-13(12)10-11/h4,6,8-10,16H,5,7H2,1-3H3,(H,17,18). The predicted octanol–water partition coefficient (Wildman–Crippen LogP) is 3.02. The van der Waals surface area contributed by atoms with E-state index >= 15 is 0 Å². The molecular weight excluding hydrogens is 224 g/mol. The minimum Gasteiger partial charge on any atom is -0.361 e. The summed E-state index contributed by atoms with van der Waals surface area (Å²) in [5, 5.41) is 4.18. The van der Waals surface area contributed by atoms with Crippen LogP contribution in [-0.4, -0.2) is 16.4 Å². The Morgan fingerprint density at radius 3 is 2.78 bits per heavy atom. The summed E-state index contributed by atoms with van der Waals surface area (Å²) < 4.78 is 0. The molecule has 96 valence electrons. The predicted molar refractivity (Wildman–Crippen MR) is 74.5 cm³/mol. The summed E-state index contributed by atoms with van der Waals surface area (Å²) in [7, 11) is 0. The lowest BCUT2D eigenvalue weighted by atomic mass is 10.1.